The van der Waals surface area contributed by atoms with E-state index in [-0.39, 0.29) is 0 Å². The van der Waals surface area contributed by atoms with Crippen LogP contribution in [0.4, 0.5) is 0 Å². The van der Waals surface area contributed by atoms with E-state index in [9.17, 15) is 4.79 Å². The molecule has 0 aromatic carbocycles. The van der Waals surface area contributed by atoms with Crippen LogP contribution in [0.15, 0.2) is 17.5 Å². The van der Waals surface area contributed by atoms with Gasteiger partial charge in [0, 0.05) is 11.3 Å². The van der Waals surface area contributed by atoms with Gasteiger partial charge in [0.15, 0.2) is 0 Å². The third-order valence-corrected chi connectivity index (χ3v) is 4.34. The number of thiophene rings is 1. The molecule has 5 heteroatoms. The lowest BCUT2D eigenvalue weighted by Crippen LogP contribution is -1.94. The van der Waals surface area contributed by atoms with Crippen LogP contribution in [0.2, 0.25) is 0 Å². The molecule has 0 bridgehead atoms. The predicted octanol–water partition coefficient (Wildman–Crippen LogP) is 3.00. The quantitative estimate of drug-likeness (QED) is 0.911. The van der Waals surface area contributed by atoms with Crippen molar-refractivity contribution >= 4 is 28.6 Å². The normalized spacial score (nSPS) is 10.6. The SMILES string of the molecule is Cc1nc(CCc2cccs2)sc1C(=O)O. The molecule has 2 aromatic rings. The maximum absolute atomic E-state index is 10.8. The summed E-state index contributed by atoms with van der Waals surface area (Å²) in [4.78, 5) is 16.8. The van der Waals surface area contributed by atoms with Crippen LogP contribution in [-0.4, -0.2) is 16.1 Å². The molecule has 2 heterocycles. The van der Waals surface area contributed by atoms with Crippen LogP contribution in [0.25, 0.3) is 0 Å². The Bertz CT molecular complexity index is 488. The average Bonchev–Trinajstić information content (AvgIpc) is 2.83. The van der Waals surface area contributed by atoms with Crippen molar-refractivity contribution in [3.05, 3.63) is 38.0 Å². The summed E-state index contributed by atoms with van der Waals surface area (Å²) in [6.45, 7) is 1.74. The first-order valence-electron chi connectivity index (χ1n) is 4.89. The summed E-state index contributed by atoms with van der Waals surface area (Å²) in [5.74, 6) is -0.877. The molecule has 16 heavy (non-hydrogen) atoms. The number of rotatable bonds is 4. The topological polar surface area (TPSA) is 50.2 Å². The first-order chi connectivity index (χ1) is 7.66. The van der Waals surface area contributed by atoms with E-state index in [0.717, 1.165) is 17.8 Å². The molecule has 0 aliphatic carbocycles. The predicted molar refractivity (Wildman–Crippen MR) is 65.5 cm³/mol. The van der Waals surface area contributed by atoms with Gasteiger partial charge in [-0.1, -0.05) is 6.07 Å². The van der Waals surface area contributed by atoms with Crippen molar-refractivity contribution in [1.82, 2.24) is 4.98 Å². The zero-order valence-electron chi connectivity index (χ0n) is 8.77. The highest BCUT2D eigenvalue weighted by Gasteiger charge is 2.13. The van der Waals surface area contributed by atoms with Gasteiger partial charge >= 0.3 is 5.97 Å². The van der Waals surface area contributed by atoms with Crippen molar-refractivity contribution in [3.8, 4) is 0 Å². The summed E-state index contributed by atoms with van der Waals surface area (Å²) in [5, 5.41) is 11.9. The number of nitrogens with zero attached hydrogens (tertiary/aromatic N) is 1. The number of aromatic nitrogens is 1. The summed E-state index contributed by atoms with van der Waals surface area (Å²) in [6, 6.07) is 4.11. The molecular formula is C11H11NO2S2. The van der Waals surface area contributed by atoms with Crippen LogP contribution in [0.5, 0.6) is 0 Å². The van der Waals surface area contributed by atoms with E-state index in [4.69, 9.17) is 5.11 Å². The molecule has 0 saturated carbocycles. The second-order valence-corrected chi connectivity index (χ2v) is 5.52. The highest BCUT2D eigenvalue weighted by molar-refractivity contribution is 7.13. The van der Waals surface area contributed by atoms with Crippen molar-refractivity contribution in [3.63, 3.8) is 0 Å². The van der Waals surface area contributed by atoms with Crippen molar-refractivity contribution < 1.29 is 9.90 Å². The Kier molecular flexibility index (Phi) is 3.36. The van der Waals surface area contributed by atoms with Gasteiger partial charge in [0.05, 0.1) is 10.7 Å². The summed E-state index contributed by atoms with van der Waals surface area (Å²) < 4.78 is 0. The molecule has 0 saturated heterocycles. The van der Waals surface area contributed by atoms with Gasteiger partial charge in [-0.25, -0.2) is 9.78 Å². The second-order valence-electron chi connectivity index (χ2n) is 3.41. The largest absolute Gasteiger partial charge is 0.477 e. The fraction of sp³-hybridized carbons (Fsp3) is 0.273. The number of carbonyl (C=O) groups is 1. The summed E-state index contributed by atoms with van der Waals surface area (Å²) in [7, 11) is 0. The highest BCUT2D eigenvalue weighted by atomic mass is 32.1. The number of hydrogen-bond donors (Lipinski definition) is 1. The molecule has 2 aromatic heterocycles. The molecule has 1 N–H and O–H groups in total. The molecule has 0 unspecified atom stereocenters. The lowest BCUT2D eigenvalue weighted by atomic mass is 10.3. The van der Waals surface area contributed by atoms with Gasteiger partial charge in [-0.3, -0.25) is 0 Å². The smallest absolute Gasteiger partial charge is 0.347 e. The lowest BCUT2D eigenvalue weighted by molar-refractivity contribution is 0.0701. The number of thiazole rings is 1. The van der Waals surface area contributed by atoms with Gasteiger partial charge < -0.3 is 5.11 Å². The Hall–Kier alpha value is -1.20. The van der Waals surface area contributed by atoms with Crippen LogP contribution >= 0.6 is 22.7 Å². The van der Waals surface area contributed by atoms with Gasteiger partial charge in [0.25, 0.3) is 0 Å². The van der Waals surface area contributed by atoms with Crippen molar-refractivity contribution in [2.45, 2.75) is 19.8 Å². The van der Waals surface area contributed by atoms with E-state index >= 15 is 0 Å². The van der Waals surface area contributed by atoms with Gasteiger partial charge in [0.2, 0.25) is 0 Å². The van der Waals surface area contributed by atoms with E-state index in [1.165, 1.54) is 16.2 Å². The van der Waals surface area contributed by atoms with Crippen molar-refractivity contribution in [2.75, 3.05) is 0 Å². The molecule has 0 aliphatic heterocycles. The van der Waals surface area contributed by atoms with Crippen molar-refractivity contribution in [2.24, 2.45) is 0 Å². The Morgan fingerprint density at radius 1 is 1.50 bits per heavy atom. The van der Waals surface area contributed by atoms with Crippen LogP contribution < -0.4 is 0 Å². The van der Waals surface area contributed by atoms with Gasteiger partial charge in [-0.2, -0.15) is 0 Å². The number of carboxylic acids is 1. The number of aryl methyl sites for hydroxylation is 3. The molecule has 0 atom stereocenters. The molecule has 0 aliphatic rings. The van der Waals surface area contributed by atoms with Gasteiger partial charge in [0.1, 0.15) is 4.88 Å². The minimum atomic E-state index is -0.877. The number of aromatic carboxylic acids is 1. The number of carboxylic acid groups (broad SMARTS) is 1. The monoisotopic (exact) mass is 253 g/mol. The highest BCUT2D eigenvalue weighted by Crippen LogP contribution is 2.20. The summed E-state index contributed by atoms with van der Waals surface area (Å²) in [6.07, 6.45) is 1.75. The molecule has 0 amide bonds. The van der Waals surface area contributed by atoms with Crippen LogP contribution in [0.1, 0.15) is 25.3 Å². The Morgan fingerprint density at radius 2 is 2.31 bits per heavy atom. The molecule has 0 spiro atoms. The minimum Gasteiger partial charge on any atom is -0.477 e. The summed E-state index contributed by atoms with van der Waals surface area (Å²) >= 11 is 3.00. The third-order valence-electron chi connectivity index (χ3n) is 2.20. The van der Waals surface area contributed by atoms with E-state index in [1.54, 1.807) is 18.3 Å². The molecule has 0 radical (unpaired) electrons. The maximum Gasteiger partial charge on any atom is 0.347 e. The molecular weight excluding hydrogens is 242 g/mol. The molecule has 0 fully saturated rings. The minimum absolute atomic E-state index is 0.362. The van der Waals surface area contributed by atoms with Gasteiger partial charge in [-0.15, -0.1) is 22.7 Å². The zero-order chi connectivity index (χ0) is 11.5. The maximum atomic E-state index is 10.8. The fourth-order valence-electron chi connectivity index (χ4n) is 1.44. The van der Waals surface area contributed by atoms with E-state index in [2.05, 4.69) is 11.1 Å². The van der Waals surface area contributed by atoms with E-state index in [1.807, 2.05) is 11.4 Å². The first-order valence-corrected chi connectivity index (χ1v) is 6.58. The van der Waals surface area contributed by atoms with E-state index < -0.39 is 5.97 Å². The van der Waals surface area contributed by atoms with Crippen LogP contribution in [0, 0.1) is 6.92 Å². The van der Waals surface area contributed by atoms with Crippen LogP contribution in [-0.2, 0) is 12.8 Å². The molecule has 84 valence electrons. The first kappa shape index (κ1) is 11.3. The summed E-state index contributed by atoms with van der Waals surface area (Å²) in [5.41, 5.74) is 0.624. The van der Waals surface area contributed by atoms with Crippen LogP contribution in [0.3, 0.4) is 0 Å². The van der Waals surface area contributed by atoms with E-state index in [0.29, 0.717) is 10.6 Å². The van der Waals surface area contributed by atoms with Crippen molar-refractivity contribution in [1.29, 1.82) is 0 Å². The van der Waals surface area contributed by atoms with Gasteiger partial charge in [-0.05, 0) is 24.8 Å². The third kappa shape index (κ3) is 2.48. The Morgan fingerprint density at radius 3 is 2.88 bits per heavy atom. The number of hydrogen-bond acceptors (Lipinski definition) is 4. The lowest BCUT2D eigenvalue weighted by Gasteiger charge is -1.92. The average molecular weight is 253 g/mol. The molecule has 3 nitrogen and oxygen atoms in total. The zero-order valence-corrected chi connectivity index (χ0v) is 10.4. The molecule has 2 rings (SSSR count). The second kappa shape index (κ2) is 4.76. The Balaban J connectivity index is 2.05. The standard InChI is InChI=1S/C11H11NO2S2/c1-7-10(11(13)14)16-9(12-7)5-4-8-3-2-6-15-8/h2-3,6H,4-5H2,1H3,(H,13,14). The Labute approximate surface area is 101 Å². The fourth-order valence-corrected chi connectivity index (χ4v) is 3.05.